The fourth-order valence-electron chi connectivity index (χ4n) is 1.67. The maximum absolute atomic E-state index is 10.2. The smallest absolute Gasteiger partial charge is 0.293 e. The van der Waals surface area contributed by atoms with E-state index in [1.807, 2.05) is 6.92 Å². The van der Waals surface area contributed by atoms with E-state index in [1.165, 1.54) is 18.4 Å². The van der Waals surface area contributed by atoms with Crippen molar-refractivity contribution in [1.82, 2.24) is 0 Å². The maximum atomic E-state index is 10.2. The summed E-state index contributed by atoms with van der Waals surface area (Å²) in [6, 6.07) is 0. The van der Waals surface area contributed by atoms with Crippen LogP contribution in [0.2, 0.25) is 0 Å². The highest BCUT2D eigenvalue weighted by molar-refractivity contribution is 5.38. The quantitative estimate of drug-likeness (QED) is 0.476. The van der Waals surface area contributed by atoms with E-state index in [4.69, 9.17) is 4.74 Å². The standard InChI is InChI=1S/C10H16O2/c1-2-10(12-8-11)9-6-4-3-5-7-9/h6,8,10H,2-5,7H2,1H3. The predicted molar refractivity (Wildman–Crippen MR) is 47.8 cm³/mol. The van der Waals surface area contributed by atoms with Crippen molar-refractivity contribution in [3.63, 3.8) is 0 Å². The minimum Gasteiger partial charge on any atom is -0.460 e. The third kappa shape index (κ3) is 2.36. The first-order valence-corrected chi connectivity index (χ1v) is 4.66. The van der Waals surface area contributed by atoms with Gasteiger partial charge in [-0.05, 0) is 37.7 Å². The second kappa shape index (κ2) is 4.96. The van der Waals surface area contributed by atoms with Crippen molar-refractivity contribution in [3.8, 4) is 0 Å². The molecule has 1 atom stereocenters. The van der Waals surface area contributed by atoms with Crippen LogP contribution >= 0.6 is 0 Å². The number of ether oxygens (including phenoxy) is 1. The van der Waals surface area contributed by atoms with Crippen molar-refractivity contribution in [1.29, 1.82) is 0 Å². The monoisotopic (exact) mass is 168 g/mol. The molecule has 68 valence electrons. The summed E-state index contributed by atoms with van der Waals surface area (Å²) in [5, 5.41) is 0. The zero-order valence-corrected chi connectivity index (χ0v) is 7.58. The second-order valence-corrected chi connectivity index (χ2v) is 3.15. The van der Waals surface area contributed by atoms with Crippen LogP contribution in [-0.2, 0) is 9.53 Å². The number of hydrogen-bond acceptors (Lipinski definition) is 2. The maximum Gasteiger partial charge on any atom is 0.293 e. The van der Waals surface area contributed by atoms with Gasteiger partial charge in [0.15, 0.2) is 0 Å². The van der Waals surface area contributed by atoms with Crippen LogP contribution in [0.3, 0.4) is 0 Å². The van der Waals surface area contributed by atoms with E-state index in [9.17, 15) is 4.79 Å². The molecule has 0 spiro atoms. The molecule has 0 aliphatic heterocycles. The summed E-state index contributed by atoms with van der Waals surface area (Å²) in [7, 11) is 0. The number of rotatable bonds is 4. The van der Waals surface area contributed by atoms with Crippen LogP contribution in [-0.4, -0.2) is 12.6 Å². The summed E-state index contributed by atoms with van der Waals surface area (Å²) in [4.78, 5) is 10.2. The lowest BCUT2D eigenvalue weighted by molar-refractivity contribution is -0.132. The number of carbonyl (C=O) groups excluding carboxylic acids is 1. The average molecular weight is 168 g/mol. The lowest BCUT2D eigenvalue weighted by atomic mass is 9.94. The van der Waals surface area contributed by atoms with E-state index >= 15 is 0 Å². The van der Waals surface area contributed by atoms with Gasteiger partial charge in [0.1, 0.15) is 6.10 Å². The third-order valence-electron chi connectivity index (χ3n) is 2.33. The number of carbonyl (C=O) groups is 1. The van der Waals surface area contributed by atoms with E-state index in [1.54, 1.807) is 0 Å². The summed E-state index contributed by atoms with van der Waals surface area (Å²) < 4.78 is 4.98. The SMILES string of the molecule is CCC(OC=O)C1=CCCCC1. The molecule has 0 aromatic heterocycles. The number of hydrogen-bond donors (Lipinski definition) is 0. The first-order chi connectivity index (χ1) is 5.88. The largest absolute Gasteiger partial charge is 0.460 e. The fraction of sp³-hybridized carbons (Fsp3) is 0.700. The Bertz CT molecular complexity index is 173. The topological polar surface area (TPSA) is 26.3 Å². The summed E-state index contributed by atoms with van der Waals surface area (Å²) in [5.41, 5.74) is 1.32. The first-order valence-electron chi connectivity index (χ1n) is 4.66. The van der Waals surface area contributed by atoms with Crippen molar-refractivity contribution in [3.05, 3.63) is 11.6 Å². The molecule has 0 bridgehead atoms. The summed E-state index contributed by atoms with van der Waals surface area (Å²) >= 11 is 0. The van der Waals surface area contributed by atoms with Gasteiger partial charge in [-0.3, -0.25) is 4.79 Å². The summed E-state index contributed by atoms with van der Waals surface area (Å²) in [5.74, 6) is 0. The molecule has 0 saturated carbocycles. The molecule has 0 radical (unpaired) electrons. The van der Waals surface area contributed by atoms with Crippen molar-refractivity contribution in [2.75, 3.05) is 0 Å². The molecule has 0 aromatic rings. The lowest BCUT2D eigenvalue weighted by Crippen LogP contribution is -2.15. The molecule has 0 aromatic carbocycles. The molecule has 0 fully saturated rings. The second-order valence-electron chi connectivity index (χ2n) is 3.15. The minimum atomic E-state index is 0.0443. The van der Waals surface area contributed by atoms with Gasteiger partial charge < -0.3 is 4.74 Å². The molecule has 0 amide bonds. The van der Waals surface area contributed by atoms with Gasteiger partial charge in [-0.1, -0.05) is 13.0 Å². The average Bonchev–Trinajstić information content (AvgIpc) is 2.15. The van der Waals surface area contributed by atoms with Crippen LogP contribution in [0.25, 0.3) is 0 Å². The molecule has 1 rings (SSSR count). The van der Waals surface area contributed by atoms with Gasteiger partial charge in [-0.15, -0.1) is 0 Å². The Kier molecular flexibility index (Phi) is 3.85. The fourth-order valence-corrected chi connectivity index (χ4v) is 1.67. The van der Waals surface area contributed by atoms with E-state index < -0.39 is 0 Å². The van der Waals surface area contributed by atoms with Crippen molar-refractivity contribution < 1.29 is 9.53 Å². The van der Waals surface area contributed by atoms with Gasteiger partial charge in [0.25, 0.3) is 6.47 Å². The Labute approximate surface area is 73.6 Å². The highest BCUT2D eigenvalue weighted by Crippen LogP contribution is 2.23. The van der Waals surface area contributed by atoms with Crippen molar-refractivity contribution in [2.24, 2.45) is 0 Å². The third-order valence-corrected chi connectivity index (χ3v) is 2.33. The van der Waals surface area contributed by atoms with Crippen LogP contribution in [0.5, 0.6) is 0 Å². The van der Waals surface area contributed by atoms with Gasteiger partial charge in [0.05, 0.1) is 0 Å². The van der Waals surface area contributed by atoms with Crippen LogP contribution < -0.4 is 0 Å². The van der Waals surface area contributed by atoms with Crippen LogP contribution in [0, 0.1) is 0 Å². The molecule has 0 heterocycles. The number of allylic oxidation sites excluding steroid dienone is 1. The Morgan fingerprint density at radius 2 is 2.50 bits per heavy atom. The predicted octanol–water partition coefficient (Wildman–Crippen LogP) is 2.44. The molecule has 2 heteroatoms. The zero-order valence-electron chi connectivity index (χ0n) is 7.58. The van der Waals surface area contributed by atoms with E-state index in [0.29, 0.717) is 6.47 Å². The normalized spacial score (nSPS) is 19.6. The highest BCUT2D eigenvalue weighted by atomic mass is 16.5. The Morgan fingerprint density at radius 1 is 1.67 bits per heavy atom. The van der Waals surface area contributed by atoms with E-state index in [0.717, 1.165) is 19.3 Å². The molecular weight excluding hydrogens is 152 g/mol. The van der Waals surface area contributed by atoms with Crippen molar-refractivity contribution in [2.45, 2.75) is 45.1 Å². The molecule has 2 nitrogen and oxygen atoms in total. The zero-order chi connectivity index (χ0) is 8.81. The lowest BCUT2D eigenvalue weighted by Gasteiger charge is -2.20. The molecule has 1 unspecified atom stereocenters. The Hall–Kier alpha value is -0.790. The molecule has 12 heavy (non-hydrogen) atoms. The first kappa shape index (κ1) is 9.30. The van der Waals surface area contributed by atoms with Gasteiger partial charge in [0, 0.05) is 0 Å². The Balaban J connectivity index is 2.50. The van der Waals surface area contributed by atoms with Gasteiger partial charge >= 0.3 is 0 Å². The van der Waals surface area contributed by atoms with Gasteiger partial charge in [-0.25, -0.2) is 0 Å². The van der Waals surface area contributed by atoms with Crippen molar-refractivity contribution >= 4 is 6.47 Å². The highest BCUT2D eigenvalue weighted by Gasteiger charge is 2.14. The van der Waals surface area contributed by atoms with E-state index in [-0.39, 0.29) is 6.10 Å². The molecule has 0 saturated heterocycles. The van der Waals surface area contributed by atoms with E-state index in [2.05, 4.69) is 6.08 Å². The van der Waals surface area contributed by atoms with Gasteiger partial charge in [0.2, 0.25) is 0 Å². The molecular formula is C10H16O2. The minimum absolute atomic E-state index is 0.0443. The van der Waals surface area contributed by atoms with Crippen LogP contribution in [0.4, 0.5) is 0 Å². The molecule has 0 N–H and O–H groups in total. The Morgan fingerprint density at radius 3 is 3.00 bits per heavy atom. The van der Waals surface area contributed by atoms with Crippen LogP contribution in [0.1, 0.15) is 39.0 Å². The molecule has 1 aliphatic carbocycles. The van der Waals surface area contributed by atoms with Crippen LogP contribution in [0.15, 0.2) is 11.6 Å². The van der Waals surface area contributed by atoms with Gasteiger partial charge in [-0.2, -0.15) is 0 Å². The summed E-state index contributed by atoms with van der Waals surface area (Å²) in [6.45, 7) is 2.60. The molecule has 1 aliphatic rings. The summed E-state index contributed by atoms with van der Waals surface area (Å²) in [6.07, 6.45) is 7.93.